The van der Waals surface area contributed by atoms with Gasteiger partial charge in [-0.2, -0.15) is 4.98 Å². The summed E-state index contributed by atoms with van der Waals surface area (Å²) >= 11 is 0. The van der Waals surface area contributed by atoms with E-state index in [1.807, 2.05) is 6.92 Å². The zero-order valence-electron chi connectivity index (χ0n) is 12.6. The molecule has 6 heteroatoms. The average molecular weight is 283 g/mol. The van der Waals surface area contributed by atoms with Crippen molar-refractivity contribution in [1.29, 1.82) is 0 Å². The van der Waals surface area contributed by atoms with Gasteiger partial charge in [0, 0.05) is 26.6 Å². The van der Waals surface area contributed by atoms with Crippen LogP contribution in [0.15, 0.2) is 0 Å². The van der Waals surface area contributed by atoms with Crippen LogP contribution in [0.5, 0.6) is 5.88 Å². The number of hydrogen-bond acceptors (Lipinski definition) is 6. The molecule has 1 aromatic rings. The second kappa shape index (κ2) is 9.50. The molecular formula is C14H25N3O3. The van der Waals surface area contributed by atoms with E-state index < -0.39 is 0 Å². The minimum Gasteiger partial charge on any atom is -0.477 e. The van der Waals surface area contributed by atoms with Crippen LogP contribution < -0.4 is 10.5 Å². The monoisotopic (exact) mass is 283 g/mol. The van der Waals surface area contributed by atoms with Crippen molar-refractivity contribution in [3.8, 4) is 5.88 Å². The maximum Gasteiger partial charge on any atom is 0.221 e. The highest BCUT2D eigenvalue weighted by molar-refractivity contribution is 5.44. The topological polar surface area (TPSA) is 79.5 Å². The van der Waals surface area contributed by atoms with Crippen LogP contribution in [0.3, 0.4) is 0 Å². The highest BCUT2D eigenvalue weighted by Gasteiger charge is 2.09. The fraction of sp³-hybridized carbons (Fsp3) is 0.714. The fourth-order valence-corrected chi connectivity index (χ4v) is 1.61. The van der Waals surface area contributed by atoms with Crippen LogP contribution in [0.1, 0.15) is 31.2 Å². The number of aromatic nitrogens is 2. The van der Waals surface area contributed by atoms with E-state index in [4.69, 9.17) is 19.9 Å². The van der Waals surface area contributed by atoms with Crippen molar-refractivity contribution in [3.05, 3.63) is 11.4 Å². The highest BCUT2D eigenvalue weighted by atomic mass is 16.5. The number of rotatable bonds is 10. The first-order chi connectivity index (χ1) is 9.69. The van der Waals surface area contributed by atoms with Crippen molar-refractivity contribution in [1.82, 2.24) is 9.97 Å². The number of nitrogen functional groups attached to an aromatic ring is 1. The van der Waals surface area contributed by atoms with Gasteiger partial charge in [-0.1, -0.05) is 6.92 Å². The Kier molecular flexibility index (Phi) is 7.91. The van der Waals surface area contributed by atoms with Gasteiger partial charge in [-0.25, -0.2) is 4.98 Å². The first-order valence-electron chi connectivity index (χ1n) is 7.01. The molecule has 1 rings (SSSR count). The van der Waals surface area contributed by atoms with Crippen molar-refractivity contribution < 1.29 is 14.2 Å². The van der Waals surface area contributed by atoms with E-state index in [2.05, 4.69) is 16.9 Å². The van der Waals surface area contributed by atoms with E-state index in [-0.39, 0.29) is 0 Å². The number of anilines is 1. The maximum absolute atomic E-state index is 5.87. The molecule has 0 saturated carbocycles. The zero-order valence-corrected chi connectivity index (χ0v) is 12.6. The summed E-state index contributed by atoms with van der Waals surface area (Å²) in [6.45, 7) is 6.37. The third-order valence-corrected chi connectivity index (χ3v) is 2.76. The van der Waals surface area contributed by atoms with Crippen LogP contribution in [-0.2, 0) is 15.9 Å². The van der Waals surface area contributed by atoms with Gasteiger partial charge < -0.3 is 19.9 Å². The van der Waals surface area contributed by atoms with Gasteiger partial charge in [0.25, 0.3) is 0 Å². The number of ether oxygens (including phenoxy) is 3. The molecule has 1 aromatic heterocycles. The number of hydrogen-bond donors (Lipinski definition) is 1. The van der Waals surface area contributed by atoms with Gasteiger partial charge in [-0.3, -0.25) is 0 Å². The van der Waals surface area contributed by atoms with Crippen LogP contribution in [0, 0.1) is 6.92 Å². The number of nitrogens with zero attached hydrogens (tertiary/aromatic N) is 2. The SMILES string of the molecule is CCCc1nc(N)c(C)c(OCCCOCCOC)n1. The lowest BCUT2D eigenvalue weighted by molar-refractivity contribution is 0.0641. The number of nitrogens with two attached hydrogens (primary N) is 1. The third kappa shape index (κ3) is 5.71. The molecule has 2 N–H and O–H groups in total. The van der Waals surface area contributed by atoms with E-state index >= 15 is 0 Å². The molecule has 114 valence electrons. The first kappa shape index (κ1) is 16.7. The summed E-state index contributed by atoms with van der Waals surface area (Å²) in [4.78, 5) is 8.65. The van der Waals surface area contributed by atoms with E-state index in [1.165, 1.54) is 0 Å². The molecule has 20 heavy (non-hydrogen) atoms. The highest BCUT2D eigenvalue weighted by Crippen LogP contribution is 2.20. The fourth-order valence-electron chi connectivity index (χ4n) is 1.61. The van der Waals surface area contributed by atoms with E-state index in [0.717, 1.165) is 30.7 Å². The Labute approximate surface area is 120 Å². The van der Waals surface area contributed by atoms with E-state index in [9.17, 15) is 0 Å². The molecule has 0 fully saturated rings. The third-order valence-electron chi connectivity index (χ3n) is 2.76. The summed E-state index contributed by atoms with van der Waals surface area (Å²) < 4.78 is 15.9. The Hall–Kier alpha value is -1.40. The number of aryl methyl sites for hydroxylation is 1. The van der Waals surface area contributed by atoms with Crippen molar-refractivity contribution in [2.24, 2.45) is 0 Å². The van der Waals surface area contributed by atoms with Gasteiger partial charge in [0.2, 0.25) is 5.88 Å². The molecule has 0 spiro atoms. The minimum absolute atomic E-state index is 0.495. The summed E-state index contributed by atoms with van der Waals surface area (Å²) in [7, 11) is 1.66. The molecule has 1 heterocycles. The normalized spacial score (nSPS) is 10.8. The van der Waals surface area contributed by atoms with Crippen molar-refractivity contribution in [2.75, 3.05) is 39.3 Å². The van der Waals surface area contributed by atoms with Crippen LogP contribution >= 0.6 is 0 Å². The molecular weight excluding hydrogens is 258 g/mol. The van der Waals surface area contributed by atoms with Crippen molar-refractivity contribution in [2.45, 2.75) is 33.1 Å². The first-order valence-corrected chi connectivity index (χ1v) is 7.01. The van der Waals surface area contributed by atoms with E-state index in [1.54, 1.807) is 7.11 Å². The average Bonchev–Trinajstić information content (AvgIpc) is 2.43. The maximum atomic E-state index is 5.87. The molecule has 0 atom stereocenters. The Balaban J connectivity index is 2.38. The molecule has 0 saturated heterocycles. The molecule has 0 amide bonds. The van der Waals surface area contributed by atoms with Gasteiger partial charge in [0.1, 0.15) is 11.6 Å². The quantitative estimate of drug-likeness (QED) is 0.659. The molecule has 0 aliphatic rings. The lowest BCUT2D eigenvalue weighted by Crippen LogP contribution is -2.10. The second-order valence-corrected chi connectivity index (χ2v) is 4.51. The van der Waals surface area contributed by atoms with Gasteiger partial charge in [0.05, 0.1) is 25.4 Å². The largest absolute Gasteiger partial charge is 0.477 e. The molecule has 0 bridgehead atoms. The summed E-state index contributed by atoms with van der Waals surface area (Å²) in [6, 6.07) is 0. The summed E-state index contributed by atoms with van der Waals surface area (Å²) in [5, 5.41) is 0. The smallest absolute Gasteiger partial charge is 0.221 e. The minimum atomic E-state index is 0.495. The van der Waals surface area contributed by atoms with Crippen LogP contribution in [0.4, 0.5) is 5.82 Å². The Morgan fingerprint density at radius 3 is 2.60 bits per heavy atom. The van der Waals surface area contributed by atoms with Gasteiger partial charge in [0.15, 0.2) is 0 Å². The van der Waals surface area contributed by atoms with Crippen LogP contribution in [0.2, 0.25) is 0 Å². The van der Waals surface area contributed by atoms with Gasteiger partial charge in [-0.05, 0) is 13.3 Å². The molecule has 0 unspecified atom stereocenters. The zero-order chi connectivity index (χ0) is 14.8. The summed E-state index contributed by atoms with van der Waals surface area (Å²) in [5.74, 6) is 1.81. The van der Waals surface area contributed by atoms with Gasteiger partial charge in [-0.15, -0.1) is 0 Å². The number of methoxy groups -OCH3 is 1. The predicted molar refractivity (Wildman–Crippen MR) is 78.0 cm³/mol. The second-order valence-electron chi connectivity index (χ2n) is 4.51. The molecule has 0 aliphatic heterocycles. The van der Waals surface area contributed by atoms with Gasteiger partial charge >= 0.3 is 0 Å². The molecule has 0 aliphatic carbocycles. The molecule has 0 radical (unpaired) electrons. The summed E-state index contributed by atoms with van der Waals surface area (Å²) in [6.07, 6.45) is 2.59. The lowest BCUT2D eigenvalue weighted by atomic mass is 10.3. The van der Waals surface area contributed by atoms with Crippen LogP contribution in [-0.4, -0.2) is 43.5 Å². The van der Waals surface area contributed by atoms with Crippen molar-refractivity contribution in [3.63, 3.8) is 0 Å². The summed E-state index contributed by atoms with van der Waals surface area (Å²) in [5.41, 5.74) is 6.66. The predicted octanol–water partition coefficient (Wildman–Crippen LogP) is 1.75. The standard InChI is InChI=1S/C14H25N3O3/c1-4-6-12-16-13(15)11(2)14(17-12)20-8-5-7-19-10-9-18-3/h4-10H2,1-3H3,(H2,15,16,17). The lowest BCUT2D eigenvalue weighted by Gasteiger charge is -2.11. The Morgan fingerprint density at radius 1 is 1.10 bits per heavy atom. The molecule has 0 aromatic carbocycles. The van der Waals surface area contributed by atoms with E-state index in [0.29, 0.717) is 38.1 Å². The molecule has 6 nitrogen and oxygen atoms in total. The Bertz CT molecular complexity index is 399. The van der Waals surface area contributed by atoms with Crippen molar-refractivity contribution >= 4 is 5.82 Å². The van der Waals surface area contributed by atoms with Crippen LogP contribution in [0.25, 0.3) is 0 Å². The Morgan fingerprint density at radius 2 is 1.90 bits per heavy atom.